The van der Waals surface area contributed by atoms with Gasteiger partial charge in [0.2, 0.25) is 5.88 Å². The predicted octanol–water partition coefficient (Wildman–Crippen LogP) is 2.07. The van der Waals surface area contributed by atoms with Crippen molar-refractivity contribution in [2.75, 3.05) is 26.3 Å². The van der Waals surface area contributed by atoms with E-state index < -0.39 is 0 Å². The highest BCUT2D eigenvalue weighted by Crippen LogP contribution is 2.38. The average molecular weight is 409 g/mol. The molecular formula is C21H20FN5O3. The molecule has 154 valence electrons. The molecule has 4 heterocycles. The highest BCUT2D eigenvalue weighted by atomic mass is 19.1. The number of carbonyl (C=O) groups excluding carboxylic acids is 1. The fourth-order valence-corrected chi connectivity index (χ4v) is 3.80. The number of ether oxygens (including phenoxy) is 2. The number of rotatable bonds is 5. The van der Waals surface area contributed by atoms with E-state index in [9.17, 15) is 9.18 Å². The first-order valence-electron chi connectivity index (χ1n) is 9.64. The van der Waals surface area contributed by atoms with E-state index in [0.717, 1.165) is 26.3 Å². The Balaban J connectivity index is 1.25. The van der Waals surface area contributed by atoms with Crippen LogP contribution in [0.2, 0.25) is 0 Å². The molecule has 2 aliphatic rings. The molecule has 9 heteroatoms. The molecule has 8 nitrogen and oxygen atoms in total. The van der Waals surface area contributed by atoms with Crippen molar-refractivity contribution < 1.29 is 18.7 Å². The summed E-state index contributed by atoms with van der Waals surface area (Å²) in [6.45, 7) is 3.05. The van der Waals surface area contributed by atoms with Gasteiger partial charge < -0.3 is 14.4 Å². The third-order valence-electron chi connectivity index (χ3n) is 5.57. The summed E-state index contributed by atoms with van der Waals surface area (Å²) < 4.78 is 26.7. The second-order valence-electron chi connectivity index (χ2n) is 7.82. The van der Waals surface area contributed by atoms with Gasteiger partial charge in [-0.15, -0.1) is 5.10 Å². The molecule has 0 atom stereocenters. The van der Waals surface area contributed by atoms with Crippen molar-refractivity contribution in [3.63, 3.8) is 0 Å². The normalized spacial score (nSPS) is 16.8. The molecule has 3 aromatic rings. The van der Waals surface area contributed by atoms with Crippen LogP contribution in [-0.2, 0) is 18.4 Å². The lowest BCUT2D eigenvalue weighted by molar-refractivity contribution is -0.176. The fraction of sp³-hybridized carbons (Fsp3) is 0.333. The van der Waals surface area contributed by atoms with Crippen molar-refractivity contribution in [2.24, 2.45) is 12.5 Å². The molecular weight excluding hydrogens is 389 g/mol. The molecule has 5 rings (SSSR count). The Morgan fingerprint density at radius 3 is 2.70 bits per heavy atom. The third kappa shape index (κ3) is 3.21. The van der Waals surface area contributed by atoms with Crippen LogP contribution in [0, 0.1) is 11.2 Å². The maximum Gasteiger partial charge on any atom is 0.255 e. The lowest BCUT2D eigenvalue weighted by Crippen LogP contribution is -2.67. The van der Waals surface area contributed by atoms with Crippen molar-refractivity contribution in [1.82, 2.24) is 24.9 Å². The molecule has 2 fully saturated rings. The molecule has 2 aliphatic heterocycles. The minimum Gasteiger partial charge on any atom is -0.471 e. The smallest absolute Gasteiger partial charge is 0.255 e. The lowest BCUT2D eigenvalue weighted by atomic mass is 9.78. The Labute approximate surface area is 172 Å². The second-order valence-corrected chi connectivity index (χ2v) is 7.82. The van der Waals surface area contributed by atoms with Gasteiger partial charge in [0.1, 0.15) is 23.8 Å². The molecule has 2 aromatic heterocycles. The van der Waals surface area contributed by atoms with E-state index in [4.69, 9.17) is 9.47 Å². The topological polar surface area (TPSA) is 82.4 Å². The summed E-state index contributed by atoms with van der Waals surface area (Å²) >= 11 is 0. The van der Waals surface area contributed by atoms with Gasteiger partial charge in [-0.2, -0.15) is 0 Å². The van der Waals surface area contributed by atoms with Crippen molar-refractivity contribution in [1.29, 1.82) is 0 Å². The van der Waals surface area contributed by atoms with Gasteiger partial charge in [0.15, 0.2) is 0 Å². The van der Waals surface area contributed by atoms with E-state index >= 15 is 0 Å². The second kappa shape index (κ2) is 7.17. The summed E-state index contributed by atoms with van der Waals surface area (Å²) in [4.78, 5) is 18.6. The maximum atomic E-state index is 14.1. The van der Waals surface area contributed by atoms with Crippen LogP contribution in [0.15, 0.2) is 42.6 Å². The zero-order valence-electron chi connectivity index (χ0n) is 16.4. The van der Waals surface area contributed by atoms with E-state index in [2.05, 4.69) is 15.3 Å². The number of halogens is 1. The number of carbonyl (C=O) groups is 1. The van der Waals surface area contributed by atoms with Crippen molar-refractivity contribution in [3.05, 3.63) is 59.7 Å². The number of aromatic nitrogens is 4. The molecule has 0 aliphatic carbocycles. The minimum atomic E-state index is -0.374. The average Bonchev–Trinajstić information content (AvgIpc) is 3.05. The van der Waals surface area contributed by atoms with Crippen LogP contribution < -0.4 is 4.74 Å². The summed E-state index contributed by atoms with van der Waals surface area (Å²) in [6, 6.07) is 9.75. The van der Waals surface area contributed by atoms with Crippen molar-refractivity contribution in [2.45, 2.75) is 6.61 Å². The van der Waals surface area contributed by atoms with Crippen LogP contribution in [0.4, 0.5) is 4.39 Å². The predicted molar refractivity (Wildman–Crippen MR) is 104 cm³/mol. The van der Waals surface area contributed by atoms with E-state index in [1.807, 2.05) is 4.90 Å². The first kappa shape index (κ1) is 18.7. The van der Waals surface area contributed by atoms with Crippen LogP contribution in [-0.4, -0.2) is 57.1 Å². The quantitative estimate of drug-likeness (QED) is 0.642. The van der Waals surface area contributed by atoms with Gasteiger partial charge in [0, 0.05) is 38.0 Å². The molecule has 0 bridgehead atoms. The van der Waals surface area contributed by atoms with Gasteiger partial charge in [-0.05, 0) is 18.2 Å². The summed E-state index contributed by atoms with van der Waals surface area (Å²) in [5, 5.41) is 8.05. The standard InChI is InChI=1S/C21H20FN5O3/c1-26-17(19(24-25-26)15-4-2-3-5-16(15)22)9-30-18-7-6-14(8-23-18)20(28)27-10-21(11-27)12-29-13-21/h2-8H,9-13H2,1H3. The number of hydrogen-bond donors (Lipinski definition) is 0. The Morgan fingerprint density at radius 2 is 2.03 bits per heavy atom. The highest BCUT2D eigenvalue weighted by molar-refractivity contribution is 5.94. The number of benzene rings is 1. The number of pyridine rings is 1. The van der Waals surface area contributed by atoms with Crippen LogP contribution in [0.3, 0.4) is 0 Å². The van der Waals surface area contributed by atoms with Gasteiger partial charge in [-0.3, -0.25) is 4.79 Å². The lowest BCUT2D eigenvalue weighted by Gasteiger charge is -2.54. The van der Waals surface area contributed by atoms with Gasteiger partial charge in [0.05, 0.1) is 24.2 Å². The van der Waals surface area contributed by atoms with Gasteiger partial charge in [-0.25, -0.2) is 14.1 Å². The molecule has 0 unspecified atom stereocenters. The Kier molecular flexibility index (Phi) is 4.47. The van der Waals surface area contributed by atoms with Crippen LogP contribution >= 0.6 is 0 Å². The molecule has 1 aromatic carbocycles. The fourth-order valence-electron chi connectivity index (χ4n) is 3.80. The SMILES string of the molecule is Cn1nnc(-c2ccccc2F)c1COc1ccc(C(=O)N2CC3(COC3)C2)cn1. The molecule has 0 saturated carbocycles. The van der Waals surface area contributed by atoms with Crippen LogP contribution in [0.5, 0.6) is 5.88 Å². The molecule has 30 heavy (non-hydrogen) atoms. The number of aryl methyl sites for hydroxylation is 1. The van der Waals surface area contributed by atoms with Gasteiger partial charge in [0.25, 0.3) is 5.91 Å². The van der Waals surface area contributed by atoms with E-state index in [1.165, 1.54) is 12.3 Å². The summed E-state index contributed by atoms with van der Waals surface area (Å²) in [5.74, 6) is -0.0505. The van der Waals surface area contributed by atoms with E-state index in [0.29, 0.717) is 28.4 Å². The summed E-state index contributed by atoms with van der Waals surface area (Å²) in [5.41, 5.74) is 2.11. The van der Waals surface area contributed by atoms with Crippen LogP contribution in [0.25, 0.3) is 11.3 Å². The van der Waals surface area contributed by atoms with E-state index in [1.54, 1.807) is 42.1 Å². The number of nitrogens with zero attached hydrogens (tertiary/aromatic N) is 5. The minimum absolute atomic E-state index is 0.0377. The van der Waals surface area contributed by atoms with E-state index in [-0.39, 0.29) is 23.7 Å². The number of likely N-dealkylation sites (tertiary alicyclic amines) is 1. The zero-order chi connectivity index (χ0) is 20.7. The van der Waals surface area contributed by atoms with Crippen LogP contribution in [0.1, 0.15) is 16.1 Å². The zero-order valence-corrected chi connectivity index (χ0v) is 16.4. The Hall–Kier alpha value is -3.33. The molecule has 0 N–H and O–H groups in total. The molecule has 2 saturated heterocycles. The van der Waals surface area contributed by atoms with Gasteiger partial charge in [-0.1, -0.05) is 17.3 Å². The largest absolute Gasteiger partial charge is 0.471 e. The highest BCUT2D eigenvalue weighted by Gasteiger charge is 2.50. The first-order valence-corrected chi connectivity index (χ1v) is 9.64. The molecule has 0 radical (unpaired) electrons. The summed E-state index contributed by atoms with van der Waals surface area (Å²) in [6.07, 6.45) is 1.51. The molecule has 1 spiro atoms. The summed E-state index contributed by atoms with van der Waals surface area (Å²) in [7, 11) is 1.72. The number of hydrogen-bond acceptors (Lipinski definition) is 6. The Morgan fingerprint density at radius 1 is 1.23 bits per heavy atom. The first-order chi connectivity index (χ1) is 14.5. The third-order valence-corrected chi connectivity index (χ3v) is 5.57. The van der Waals surface area contributed by atoms with Gasteiger partial charge >= 0.3 is 0 Å². The molecule has 1 amide bonds. The Bertz CT molecular complexity index is 1090. The van der Waals surface area contributed by atoms with Crippen molar-refractivity contribution >= 4 is 5.91 Å². The number of amides is 1. The maximum absolute atomic E-state index is 14.1. The van der Waals surface area contributed by atoms with Crippen molar-refractivity contribution in [3.8, 4) is 17.1 Å². The monoisotopic (exact) mass is 409 g/mol.